The first-order chi connectivity index (χ1) is 10.7. The summed E-state index contributed by atoms with van der Waals surface area (Å²) in [5, 5.41) is 0. The summed E-state index contributed by atoms with van der Waals surface area (Å²) in [4.78, 5) is 25.2. The van der Waals surface area contributed by atoms with Gasteiger partial charge in [0.15, 0.2) is 0 Å². The van der Waals surface area contributed by atoms with Gasteiger partial charge in [-0.3, -0.25) is 9.69 Å². The predicted molar refractivity (Wildman–Crippen MR) is 86.5 cm³/mol. The van der Waals surface area contributed by atoms with Gasteiger partial charge in [0, 0.05) is 39.8 Å². The lowest BCUT2D eigenvalue weighted by Gasteiger charge is -2.35. The van der Waals surface area contributed by atoms with E-state index in [1.54, 1.807) is 19.5 Å². The number of methoxy groups -OCH3 is 1. The highest BCUT2D eigenvalue weighted by molar-refractivity contribution is 7.21. The molecule has 22 heavy (non-hydrogen) atoms. The molecule has 1 amide bonds. The first kappa shape index (κ1) is 15.1. The van der Waals surface area contributed by atoms with Gasteiger partial charge in [0.25, 0.3) is 5.91 Å². The highest BCUT2D eigenvalue weighted by Crippen LogP contribution is 2.31. The van der Waals surface area contributed by atoms with E-state index in [1.807, 2.05) is 0 Å². The van der Waals surface area contributed by atoms with Crippen LogP contribution in [-0.4, -0.2) is 67.2 Å². The second-order valence-electron chi connectivity index (χ2n) is 5.21. The predicted octanol–water partition coefficient (Wildman–Crippen LogP) is 0.559. The van der Waals surface area contributed by atoms with Crippen molar-refractivity contribution in [2.75, 3.05) is 51.3 Å². The van der Waals surface area contributed by atoms with Crippen molar-refractivity contribution in [3.63, 3.8) is 0 Å². The molecule has 0 atom stereocenters. The number of carbonyl (C=O) groups is 1. The van der Waals surface area contributed by atoms with Crippen LogP contribution in [0.1, 0.15) is 9.67 Å². The van der Waals surface area contributed by atoms with Crippen LogP contribution in [0.3, 0.4) is 0 Å². The van der Waals surface area contributed by atoms with E-state index >= 15 is 0 Å². The van der Waals surface area contributed by atoms with Gasteiger partial charge in [-0.15, -0.1) is 11.3 Å². The van der Waals surface area contributed by atoms with Gasteiger partial charge >= 0.3 is 0 Å². The van der Waals surface area contributed by atoms with Crippen LogP contribution in [0.2, 0.25) is 0 Å². The van der Waals surface area contributed by atoms with Gasteiger partial charge in [0.2, 0.25) is 0 Å². The number of thiophene rings is 1. The van der Waals surface area contributed by atoms with Crippen LogP contribution in [-0.2, 0) is 4.74 Å². The van der Waals surface area contributed by atoms with Crippen molar-refractivity contribution < 1.29 is 9.53 Å². The second kappa shape index (κ2) is 6.55. The van der Waals surface area contributed by atoms with Gasteiger partial charge in [-0.2, -0.15) is 0 Å². The zero-order valence-corrected chi connectivity index (χ0v) is 13.3. The van der Waals surface area contributed by atoms with Crippen molar-refractivity contribution in [1.82, 2.24) is 14.9 Å². The first-order valence-corrected chi connectivity index (χ1v) is 8.01. The number of nitrogens with two attached hydrogens (primary N) is 1. The van der Waals surface area contributed by atoms with Crippen LogP contribution in [0.25, 0.3) is 10.2 Å². The smallest absolute Gasteiger partial charge is 0.258 e. The van der Waals surface area contributed by atoms with Crippen molar-refractivity contribution in [1.29, 1.82) is 0 Å². The fourth-order valence-corrected chi connectivity index (χ4v) is 3.57. The summed E-state index contributed by atoms with van der Waals surface area (Å²) in [7, 11) is 1.72. The average Bonchev–Trinajstić information content (AvgIpc) is 2.98. The number of carbonyl (C=O) groups excluding carboxylic acids is 1. The van der Waals surface area contributed by atoms with Gasteiger partial charge in [0.1, 0.15) is 12.1 Å². The molecule has 3 rings (SSSR count). The Hall–Kier alpha value is -1.77. The summed E-state index contributed by atoms with van der Waals surface area (Å²) in [6.45, 7) is 5.46. The quantitative estimate of drug-likeness (QED) is 0.866. The van der Waals surface area contributed by atoms with E-state index in [2.05, 4.69) is 19.8 Å². The molecule has 2 aromatic rings. The minimum Gasteiger partial charge on any atom is -0.383 e. The van der Waals surface area contributed by atoms with Gasteiger partial charge in [-0.05, 0) is 6.07 Å². The highest BCUT2D eigenvalue weighted by atomic mass is 32.1. The molecular weight excluding hydrogens is 302 g/mol. The topological polar surface area (TPSA) is 84.6 Å². The number of hydrogen-bond acceptors (Lipinski definition) is 7. The molecule has 0 bridgehead atoms. The standard InChI is InChI=1S/C14H19N5O2S/c1-21-7-6-18-2-4-19(5-3-18)14-12-10(16-9-17-14)8-11(22-12)13(15)20/h8-9H,2-7H2,1H3,(H2,15,20). The lowest BCUT2D eigenvalue weighted by atomic mass is 10.3. The summed E-state index contributed by atoms with van der Waals surface area (Å²) in [6.07, 6.45) is 1.55. The van der Waals surface area contributed by atoms with Crippen LogP contribution >= 0.6 is 11.3 Å². The minimum absolute atomic E-state index is 0.418. The number of piperazine rings is 1. The third-order valence-corrected chi connectivity index (χ3v) is 4.95. The summed E-state index contributed by atoms with van der Waals surface area (Å²) in [5.74, 6) is 0.479. The molecule has 1 aliphatic heterocycles. The van der Waals surface area contributed by atoms with E-state index in [9.17, 15) is 4.79 Å². The minimum atomic E-state index is -0.418. The molecular formula is C14H19N5O2S. The fourth-order valence-electron chi connectivity index (χ4n) is 2.59. The maximum atomic E-state index is 11.4. The Kier molecular flexibility index (Phi) is 4.51. The van der Waals surface area contributed by atoms with E-state index in [0.29, 0.717) is 4.88 Å². The molecule has 0 saturated carbocycles. The normalized spacial score (nSPS) is 16.3. The van der Waals surface area contributed by atoms with E-state index in [-0.39, 0.29) is 0 Å². The molecule has 8 heteroatoms. The second-order valence-corrected chi connectivity index (χ2v) is 6.26. The largest absolute Gasteiger partial charge is 0.383 e. The summed E-state index contributed by atoms with van der Waals surface area (Å²) in [6, 6.07) is 1.74. The van der Waals surface area contributed by atoms with E-state index < -0.39 is 5.91 Å². The Morgan fingerprint density at radius 1 is 1.36 bits per heavy atom. The number of aromatic nitrogens is 2. The number of hydrogen-bond donors (Lipinski definition) is 1. The molecule has 0 spiro atoms. The zero-order valence-electron chi connectivity index (χ0n) is 12.5. The molecule has 2 aromatic heterocycles. The van der Waals surface area contributed by atoms with Crippen molar-refractivity contribution in [2.45, 2.75) is 0 Å². The van der Waals surface area contributed by atoms with Crippen molar-refractivity contribution in [3.8, 4) is 0 Å². The van der Waals surface area contributed by atoms with E-state index in [4.69, 9.17) is 10.5 Å². The molecule has 7 nitrogen and oxygen atoms in total. The van der Waals surface area contributed by atoms with Crippen molar-refractivity contribution in [3.05, 3.63) is 17.3 Å². The average molecular weight is 321 g/mol. The maximum absolute atomic E-state index is 11.4. The van der Waals surface area contributed by atoms with Crippen LogP contribution < -0.4 is 10.6 Å². The summed E-state index contributed by atoms with van der Waals surface area (Å²) in [5.41, 5.74) is 6.14. The van der Waals surface area contributed by atoms with Gasteiger partial charge in [0.05, 0.1) is 21.7 Å². The Morgan fingerprint density at radius 2 is 2.14 bits per heavy atom. The van der Waals surface area contributed by atoms with Crippen molar-refractivity contribution >= 4 is 33.3 Å². The number of anilines is 1. The van der Waals surface area contributed by atoms with Gasteiger partial charge in [-0.1, -0.05) is 0 Å². The van der Waals surface area contributed by atoms with Gasteiger partial charge in [-0.25, -0.2) is 9.97 Å². The third kappa shape index (κ3) is 3.03. The van der Waals surface area contributed by atoms with E-state index in [0.717, 1.165) is 55.4 Å². The molecule has 118 valence electrons. The Morgan fingerprint density at radius 3 is 2.82 bits per heavy atom. The van der Waals surface area contributed by atoms with Crippen molar-refractivity contribution in [2.24, 2.45) is 5.73 Å². The third-order valence-electron chi connectivity index (χ3n) is 3.82. The molecule has 0 aliphatic carbocycles. The fraction of sp³-hybridized carbons (Fsp3) is 0.500. The number of ether oxygens (including phenoxy) is 1. The highest BCUT2D eigenvalue weighted by Gasteiger charge is 2.21. The molecule has 1 fully saturated rings. The number of fused-ring (bicyclic) bond motifs is 1. The molecule has 1 saturated heterocycles. The molecule has 2 N–H and O–H groups in total. The maximum Gasteiger partial charge on any atom is 0.258 e. The van der Waals surface area contributed by atoms with Crippen LogP contribution in [0.15, 0.2) is 12.4 Å². The summed E-state index contributed by atoms with van der Waals surface area (Å²) < 4.78 is 6.05. The van der Waals surface area contributed by atoms with Crippen LogP contribution in [0, 0.1) is 0 Å². The molecule has 3 heterocycles. The van der Waals surface area contributed by atoms with E-state index in [1.165, 1.54) is 11.3 Å². The SMILES string of the molecule is COCCN1CCN(c2ncnc3cc(C(N)=O)sc23)CC1. The summed E-state index contributed by atoms with van der Waals surface area (Å²) >= 11 is 1.37. The molecule has 0 aromatic carbocycles. The van der Waals surface area contributed by atoms with Gasteiger partial charge < -0.3 is 15.4 Å². The number of nitrogens with zero attached hydrogens (tertiary/aromatic N) is 4. The number of primary amides is 1. The molecule has 0 unspecified atom stereocenters. The molecule has 1 aliphatic rings. The monoisotopic (exact) mass is 321 g/mol. The Bertz CT molecular complexity index is 666. The van der Waals surface area contributed by atoms with Crippen LogP contribution in [0.4, 0.5) is 5.82 Å². The first-order valence-electron chi connectivity index (χ1n) is 7.19. The Balaban J connectivity index is 1.78. The lowest BCUT2D eigenvalue weighted by Crippen LogP contribution is -2.47. The lowest BCUT2D eigenvalue weighted by molar-refractivity contribution is 0.100. The molecule has 0 radical (unpaired) electrons. The zero-order chi connectivity index (χ0) is 15.5. The van der Waals surface area contributed by atoms with Crippen LogP contribution in [0.5, 0.6) is 0 Å². The number of amides is 1. The Labute approximate surface area is 132 Å². The number of rotatable bonds is 5.